The lowest BCUT2D eigenvalue weighted by molar-refractivity contribution is 0.101. The minimum atomic E-state index is -0.138. The Morgan fingerprint density at radius 2 is 2.15 bits per heavy atom. The van der Waals surface area contributed by atoms with Crippen LogP contribution in [-0.4, -0.2) is 10.5 Å². The van der Waals surface area contributed by atoms with Crippen LogP contribution in [0.15, 0.2) is 34.9 Å². The van der Waals surface area contributed by atoms with Gasteiger partial charge in [-0.2, -0.15) is 0 Å². The van der Waals surface area contributed by atoms with Crippen LogP contribution in [0.25, 0.3) is 0 Å². The number of hydrogen-bond acceptors (Lipinski definition) is 2. The number of aryl methyl sites for hydroxylation is 2. The lowest BCUT2D eigenvalue weighted by Crippen LogP contribution is -2.17. The maximum absolute atomic E-state index is 12.4. The topological polar surface area (TPSA) is 60.0 Å². The highest BCUT2D eigenvalue weighted by molar-refractivity contribution is 9.10. The zero-order valence-electron chi connectivity index (χ0n) is 11.6. The van der Waals surface area contributed by atoms with Crippen LogP contribution in [-0.2, 0) is 6.54 Å². The van der Waals surface area contributed by atoms with Crippen LogP contribution in [0.1, 0.15) is 29.4 Å². The first-order chi connectivity index (χ1) is 9.51. The van der Waals surface area contributed by atoms with Crippen LogP contribution in [0.5, 0.6) is 0 Å². The number of benzene rings is 1. The van der Waals surface area contributed by atoms with Gasteiger partial charge in [-0.15, -0.1) is 0 Å². The number of nitrogens with zero attached hydrogens (tertiary/aromatic N) is 1. The third-order valence-corrected chi connectivity index (χ3v) is 3.54. The minimum absolute atomic E-state index is 0.138. The molecule has 1 aromatic heterocycles. The van der Waals surface area contributed by atoms with E-state index in [0.29, 0.717) is 11.4 Å². The summed E-state index contributed by atoms with van der Waals surface area (Å²) in [6.45, 7) is 4.80. The highest BCUT2D eigenvalue weighted by Crippen LogP contribution is 2.21. The van der Waals surface area contributed by atoms with Gasteiger partial charge in [-0.05, 0) is 43.2 Å². The van der Waals surface area contributed by atoms with E-state index in [1.807, 2.05) is 29.7 Å². The fraction of sp³-hybridized carbons (Fsp3) is 0.267. The molecule has 0 spiro atoms. The van der Waals surface area contributed by atoms with Crippen LogP contribution >= 0.6 is 15.9 Å². The Bertz CT molecular complexity index is 634. The number of hydrogen-bond donors (Lipinski definition) is 2. The molecule has 2 aromatic rings. The van der Waals surface area contributed by atoms with Crippen molar-refractivity contribution in [2.75, 3.05) is 11.1 Å². The molecule has 0 fully saturated rings. The van der Waals surface area contributed by atoms with Gasteiger partial charge >= 0.3 is 0 Å². The van der Waals surface area contributed by atoms with E-state index < -0.39 is 0 Å². The van der Waals surface area contributed by atoms with Gasteiger partial charge in [0.15, 0.2) is 0 Å². The summed E-state index contributed by atoms with van der Waals surface area (Å²) in [5.41, 5.74) is 8.80. The molecular weight excluding hydrogens is 318 g/mol. The van der Waals surface area contributed by atoms with E-state index in [-0.39, 0.29) is 5.91 Å². The summed E-state index contributed by atoms with van der Waals surface area (Å²) in [7, 11) is 0. The van der Waals surface area contributed by atoms with Crippen LogP contribution in [0, 0.1) is 6.92 Å². The van der Waals surface area contributed by atoms with Crippen molar-refractivity contribution in [3.8, 4) is 0 Å². The van der Waals surface area contributed by atoms with E-state index in [1.54, 1.807) is 12.3 Å². The van der Waals surface area contributed by atoms with Gasteiger partial charge in [0.25, 0.3) is 5.91 Å². The minimum Gasteiger partial charge on any atom is -0.397 e. The molecule has 0 saturated carbocycles. The second-order valence-electron chi connectivity index (χ2n) is 4.77. The maximum Gasteiger partial charge on any atom is 0.272 e. The van der Waals surface area contributed by atoms with E-state index in [0.717, 1.165) is 28.7 Å². The van der Waals surface area contributed by atoms with Gasteiger partial charge in [0.1, 0.15) is 5.69 Å². The van der Waals surface area contributed by atoms with Crippen LogP contribution in [0.4, 0.5) is 11.4 Å². The van der Waals surface area contributed by atoms with Crippen molar-refractivity contribution in [2.24, 2.45) is 0 Å². The third-order valence-electron chi connectivity index (χ3n) is 3.05. The second kappa shape index (κ2) is 6.13. The molecule has 0 unspecified atom stereocenters. The Labute approximate surface area is 127 Å². The molecule has 1 amide bonds. The zero-order chi connectivity index (χ0) is 14.7. The monoisotopic (exact) mass is 335 g/mol. The fourth-order valence-corrected chi connectivity index (χ4v) is 2.58. The molecule has 0 atom stereocenters. The lowest BCUT2D eigenvalue weighted by atomic mass is 10.2. The van der Waals surface area contributed by atoms with Crippen molar-refractivity contribution in [3.63, 3.8) is 0 Å². The first-order valence-electron chi connectivity index (χ1n) is 6.54. The Hall–Kier alpha value is -1.75. The van der Waals surface area contributed by atoms with Crippen molar-refractivity contribution in [1.29, 1.82) is 0 Å². The van der Waals surface area contributed by atoms with Gasteiger partial charge in [0.05, 0.1) is 5.69 Å². The number of carbonyl (C=O) groups is 1. The number of nitrogens with two attached hydrogens (primary N) is 1. The zero-order valence-corrected chi connectivity index (χ0v) is 13.2. The summed E-state index contributed by atoms with van der Waals surface area (Å²) in [4.78, 5) is 12.4. The normalized spacial score (nSPS) is 10.6. The molecule has 106 valence electrons. The maximum atomic E-state index is 12.4. The molecule has 0 radical (unpaired) electrons. The van der Waals surface area contributed by atoms with Crippen molar-refractivity contribution in [2.45, 2.75) is 26.8 Å². The van der Waals surface area contributed by atoms with Gasteiger partial charge in [0.2, 0.25) is 0 Å². The summed E-state index contributed by atoms with van der Waals surface area (Å²) in [6.07, 6.45) is 2.75. The molecule has 1 heterocycles. The quantitative estimate of drug-likeness (QED) is 0.892. The molecule has 20 heavy (non-hydrogen) atoms. The molecule has 0 bridgehead atoms. The highest BCUT2D eigenvalue weighted by Gasteiger charge is 2.13. The fourth-order valence-electron chi connectivity index (χ4n) is 2.10. The van der Waals surface area contributed by atoms with Crippen molar-refractivity contribution in [3.05, 3.63) is 46.2 Å². The van der Waals surface area contributed by atoms with E-state index in [4.69, 9.17) is 5.73 Å². The summed E-state index contributed by atoms with van der Waals surface area (Å²) in [5, 5.41) is 2.93. The van der Waals surface area contributed by atoms with Gasteiger partial charge in [-0.1, -0.05) is 22.9 Å². The molecule has 4 nitrogen and oxygen atoms in total. The van der Waals surface area contributed by atoms with Gasteiger partial charge < -0.3 is 15.6 Å². The average molecular weight is 336 g/mol. The highest BCUT2D eigenvalue weighted by atomic mass is 79.9. The number of aromatic nitrogens is 1. The number of nitrogens with one attached hydrogen (secondary N) is 1. The molecule has 3 N–H and O–H groups in total. The molecule has 2 rings (SSSR count). The molecule has 1 aromatic carbocycles. The van der Waals surface area contributed by atoms with Crippen molar-refractivity contribution < 1.29 is 4.79 Å². The molecule has 0 aliphatic rings. The van der Waals surface area contributed by atoms with Gasteiger partial charge in [-0.3, -0.25) is 4.79 Å². The van der Waals surface area contributed by atoms with Gasteiger partial charge in [-0.25, -0.2) is 0 Å². The van der Waals surface area contributed by atoms with E-state index >= 15 is 0 Å². The summed E-state index contributed by atoms with van der Waals surface area (Å²) in [5.74, 6) is -0.138. The van der Waals surface area contributed by atoms with Crippen LogP contribution < -0.4 is 11.1 Å². The van der Waals surface area contributed by atoms with Gasteiger partial charge in [0, 0.05) is 22.9 Å². The number of halogens is 1. The van der Waals surface area contributed by atoms with Crippen molar-refractivity contribution in [1.82, 2.24) is 4.57 Å². The Morgan fingerprint density at radius 1 is 1.40 bits per heavy atom. The summed E-state index contributed by atoms with van der Waals surface area (Å²) < 4.78 is 2.88. The average Bonchev–Trinajstić information content (AvgIpc) is 2.74. The number of nitrogen functional groups attached to an aromatic ring is 1. The number of carbonyl (C=O) groups excluding carboxylic acids is 1. The molecular formula is C15H18BrN3O. The predicted molar refractivity (Wildman–Crippen MR) is 86.0 cm³/mol. The second-order valence-corrected chi connectivity index (χ2v) is 5.68. The standard InChI is InChI=1S/C15H18BrN3O/c1-3-6-19-9-12(17)8-14(19)15(20)18-13-5-4-11(16)7-10(13)2/h4-5,7-9H,3,6,17H2,1-2H3,(H,18,20). The Morgan fingerprint density at radius 3 is 2.80 bits per heavy atom. The Kier molecular flexibility index (Phi) is 4.49. The molecule has 0 saturated heterocycles. The number of anilines is 2. The first kappa shape index (κ1) is 14.7. The third kappa shape index (κ3) is 3.22. The summed E-state index contributed by atoms with van der Waals surface area (Å²) >= 11 is 3.41. The molecule has 0 aliphatic heterocycles. The molecule has 5 heteroatoms. The number of rotatable bonds is 4. The largest absolute Gasteiger partial charge is 0.397 e. The Balaban J connectivity index is 2.23. The first-order valence-corrected chi connectivity index (χ1v) is 7.33. The van der Waals surface area contributed by atoms with E-state index in [9.17, 15) is 4.79 Å². The smallest absolute Gasteiger partial charge is 0.272 e. The molecule has 0 aliphatic carbocycles. The predicted octanol–water partition coefficient (Wildman–Crippen LogP) is 3.80. The van der Waals surface area contributed by atoms with E-state index in [2.05, 4.69) is 28.2 Å². The SMILES string of the molecule is CCCn1cc(N)cc1C(=O)Nc1ccc(Br)cc1C. The van der Waals surface area contributed by atoms with E-state index in [1.165, 1.54) is 0 Å². The lowest BCUT2D eigenvalue weighted by Gasteiger charge is -2.10. The summed E-state index contributed by atoms with van der Waals surface area (Å²) in [6, 6.07) is 7.46. The van der Waals surface area contributed by atoms with Crippen molar-refractivity contribution >= 4 is 33.2 Å². The van der Waals surface area contributed by atoms with Crippen LogP contribution in [0.2, 0.25) is 0 Å². The van der Waals surface area contributed by atoms with Crippen LogP contribution in [0.3, 0.4) is 0 Å². The number of amides is 1.